The molecule has 0 amide bonds. The number of anilines is 2. The van der Waals surface area contributed by atoms with Gasteiger partial charge >= 0.3 is 0 Å². The summed E-state index contributed by atoms with van der Waals surface area (Å²) in [5.74, 6) is 4.32. The summed E-state index contributed by atoms with van der Waals surface area (Å²) in [6, 6.07) is 114. The molecular weight excluding hydrogens is 1650 g/mol. The van der Waals surface area contributed by atoms with Crippen LogP contribution in [0.3, 0.4) is 0 Å². The number of rotatable bonds is 10. The molecule has 0 N–H and O–H groups in total. The van der Waals surface area contributed by atoms with Gasteiger partial charge in [0.1, 0.15) is 29.4 Å². The number of pyridine rings is 1. The molecule has 13 aromatic carbocycles. The average molecular weight is 1790 g/mol. The second kappa shape index (κ2) is 52.9. The predicted molar refractivity (Wildman–Crippen MR) is 581 cm³/mol. The second-order valence-electron chi connectivity index (χ2n) is 36.4. The molecule has 0 bridgehead atoms. The number of ether oxygens (including phenoxy) is 1. The Morgan fingerprint density at radius 3 is 0.784 bits per heavy atom. The van der Waals surface area contributed by atoms with Crippen molar-refractivity contribution in [3.05, 3.63) is 474 Å². The summed E-state index contributed by atoms with van der Waals surface area (Å²) in [6.07, 6.45) is 2.25. The van der Waals surface area contributed by atoms with E-state index >= 15 is 0 Å². The first-order valence-electron chi connectivity index (χ1n) is 46.8. The van der Waals surface area contributed by atoms with Gasteiger partial charge in [-0.1, -0.05) is 347 Å². The van der Waals surface area contributed by atoms with Gasteiger partial charge in [-0.25, -0.2) is 24.9 Å². The highest BCUT2D eigenvalue weighted by Crippen LogP contribution is 2.34. The molecule has 692 valence electrons. The van der Waals surface area contributed by atoms with Crippen molar-refractivity contribution in [2.45, 2.75) is 206 Å². The smallest absolute Gasteiger partial charge is 0.129 e. The summed E-state index contributed by atoms with van der Waals surface area (Å²) in [4.78, 5) is 26.7. The lowest BCUT2D eigenvalue weighted by Gasteiger charge is -2.19. The van der Waals surface area contributed by atoms with Crippen LogP contribution in [0.2, 0.25) is 0 Å². The fraction of sp³-hybridized carbons (Fsp3) is 0.264. The van der Waals surface area contributed by atoms with Gasteiger partial charge in [0.2, 0.25) is 0 Å². The highest BCUT2D eigenvalue weighted by molar-refractivity contribution is 7.72. The minimum Gasteiger partial charge on any atom is -0.498 e. The molecule has 3 aromatic heterocycles. The first-order valence-corrected chi connectivity index (χ1v) is 48.6. The molecule has 0 spiro atoms. The molecule has 0 radical (unpaired) electrons. The van der Waals surface area contributed by atoms with Crippen molar-refractivity contribution >= 4 is 29.9 Å². The maximum Gasteiger partial charge on any atom is 0.129 e. The number of hydrogen-bond acceptors (Lipinski definition) is 8. The molecule has 1 aliphatic rings. The Morgan fingerprint density at radius 1 is 0.246 bits per heavy atom. The first kappa shape index (κ1) is 106. The number of nitrogens with zero attached hydrogens (tertiary/aromatic N) is 7. The van der Waals surface area contributed by atoms with Gasteiger partial charge in [-0.3, -0.25) is 4.98 Å². The van der Waals surface area contributed by atoms with Gasteiger partial charge < -0.3 is 9.64 Å². The molecule has 1 aliphatic heterocycles. The Labute approximate surface area is 807 Å². The van der Waals surface area contributed by atoms with Crippen LogP contribution in [0, 0.1) is 172 Å². The largest absolute Gasteiger partial charge is 0.498 e. The van der Waals surface area contributed by atoms with E-state index in [1.807, 2.05) is 67.7 Å². The molecule has 0 saturated heterocycles. The topological polar surface area (TPSA) is 89.8 Å². The van der Waals surface area contributed by atoms with Crippen molar-refractivity contribution in [1.29, 1.82) is 0 Å². The van der Waals surface area contributed by atoms with E-state index in [4.69, 9.17) is 4.74 Å². The van der Waals surface area contributed by atoms with Crippen LogP contribution in [0.4, 0.5) is 11.4 Å². The van der Waals surface area contributed by atoms with E-state index in [9.17, 15) is 0 Å². The molecule has 16 aromatic rings. The van der Waals surface area contributed by atoms with E-state index in [0.29, 0.717) is 17.9 Å². The van der Waals surface area contributed by atoms with E-state index in [1.54, 1.807) is 0 Å². The molecular formula is C125H146N7OP. The van der Waals surface area contributed by atoms with Gasteiger partial charge in [0, 0.05) is 53.0 Å². The Hall–Kier alpha value is -13.1. The Bertz CT molecular complexity index is 5470. The van der Waals surface area contributed by atoms with Gasteiger partial charge in [0.25, 0.3) is 0 Å². The minimum atomic E-state index is -0.196. The van der Waals surface area contributed by atoms with Crippen LogP contribution in [-0.4, -0.2) is 49.7 Å². The van der Waals surface area contributed by atoms with E-state index in [1.165, 1.54) is 172 Å². The summed E-state index contributed by atoms with van der Waals surface area (Å²) in [6.45, 7) is 60.5. The molecule has 4 heterocycles. The van der Waals surface area contributed by atoms with Crippen LogP contribution in [0.15, 0.2) is 327 Å². The zero-order valence-corrected chi connectivity index (χ0v) is 86.7. The third kappa shape index (κ3) is 36.8. The zero-order valence-electron chi connectivity index (χ0n) is 85.8. The van der Waals surface area contributed by atoms with Crippen molar-refractivity contribution in [1.82, 2.24) is 29.9 Å². The standard InChI is InChI=1S/2C21H20.C16H18.C15H17N.C15H17P.C9H12.C8H11N.C7H10N2.C7H12O.C6H9N3/c1-15-4-8-18(9-5-15)20-12-17(3)13-21(14-20)19-10-6-16(2)7-11-19;1-15-6-4-8-18(10-15)20-12-17(3)13-21(14-20)19-9-5-7-16(2)11-19;1-12-4-8-15(9-5-12)14(3)16-10-6-13(2)7-11-16;2*1-12-4-8-14(9-5-12)16(3)15-10-6-13(2)7-11-15;1-7-4-8(2)6-9(3)5-7;1-6-4-7(2)9-8(3)5-6;1-5-4-6(2)9-7(3)8-5;1-5-4-8-7(3)6(5)2;1-4-7-5(2)9-6(3)8-4/h2*4-14H,1-3H3;4-11,14H,1-3H3;2*4-11H,1-3H3;4-6H,1-3H3;4-5H,1-3H3;4H,1-3H3;4,6-7H,1-3H3;1-3H3. The van der Waals surface area contributed by atoms with E-state index in [-0.39, 0.29) is 7.92 Å². The summed E-state index contributed by atoms with van der Waals surface area (Å²) < 4.78 is 5.22. The normalized spacial score (nSPS) is 11.9. The molecule has 17 rings (SSSR count). The third-order valence-corrected chi connectivity index (χ3v) is 25.2. The molecule has 8 nitrogen and oxygen atoms in total. The number of hydrogen-bond donors (Lipinski definition) is 0. The Balaban J connectivity index is 0.000000187. The molecule has 0 aliphatic carbocycles. The van der Waals surface area contributed by atoms with E-state index < -0.39 is 0 Å². The summed E-state index contributed by atoms with van der Waals surface area (Å²) >= 11 is 0. The predicted octanol–water partition coefficient (Wildman–Crippen LogP) is 32.5. The van der Waals surface area contributed by atoms with Crippen molar-refractivity contribution in [3.63, 3.8) is 0 Å². The molecule has 0 saturated carbocycles. The monoisotopic (exact) mass is 1790 g/mol. The second-order valence-corrected chi connectivity index (χ2v) is 38.6. The number of benzene rings is 13. The lowest BCUT2D eigenvalue weighted by molar-refractivity contribution is 0.158. The van der Waals surface area contributed by atoms with E-state index in [0.717, 1.165) is 46.1 Å². The molecule has 134 heavy (non-hydrogen) atoms. The summed E-state index contributed by atoms with van der Waals surface area (Å²) in [5, 5.41) is 2.90. The highest BCUT2D eigenvalue weighted by atomic mass is 31.1. The van der Waals surface area contributed by atoms with Crippen LogP contribution < -0.4 is 15.5 Å². The Morgan fingerprint density at radius 2 is 0.507 bits per heavy atom. The highest BCUT2D eigenvalue weighted by Gasteiger charge is 2.20. The summed E-state index contributed by atoms with van der Waals surface area (Å²) in [5.41, 5.74) is 42.1. The maximum atomic E-state index is 5.22. The number of aryl methyl sites for hydroxylation is 24. The van der Waals surface area contributed by atoms with Crippen LogP contribution >= 0.6 is 7.92 Å². The Kier molecular flexibility index (Phi) is 42.0. The average Bonchev–Trinajstić information content (AvgIpc) is 0.907. The van der Waals surface area contributed by atoms with Crippen molar-refractivity contribution in [2.24, 2.45) is 5.92 Å². The maximum absolute atomic E-state index is 5.22. The van der Waals surface area contributed by atoms with Crippen molar-refractivity contribution in [2.75, 3.05) is 18.6 Å². The fourth-order valence-electron chi connectivity index (χ4n) is 15.4. The van der Waals surface area contributed by atoms with Crippen LogP contribution in [0.1, 0.15) is 180 Å². The van der Waals surface area contributed by atoms with Crippen molar-refractivity contribution in [3.8, 4) is 44.5 Å². The number of aromatic nitrogens is 6. The lowest BCUT2D eigenvalue weighted by atomic mass is 9.92. The van der Waals surface area contributed by atoms with Gasteiger partial charge in [-0.2, -0.15) is 0 Å². The van der Waals surface area contributed by atoms with Gasteiger partial charge in [0.15, 0.2) is 0 Å². The van der Waals surface area contributed by atoms with Crippen LogP contribution in [0.25, 0.3) is 44.5 Å². The fourth-order valence-corrected chi connectivity index (χ4v) is 16.9. The quantitative estimate of drug-likeness (QED) is 0.125. The van der Waals surface area contributed by atoms with Crippen molar-refractivity contribution < 1.29 is 4.74 Å². The van der Waals surface area contributed by atoms with E-state index in [2.05, 4.69) is 496 Å². The third-order valence-electron chi connectivity index (χ3n) is 23.0. The zero-order chi connectivity index (χ0) is 97.8. The van der Waals surface area contributed by atoms with Gasteiger partial charge in [-0.05, 0) is 338 Å². The first-order chi connectivity index (χ1) is 63.7. The SMILES string of the molecule is CC1=COC(C)C1C.Cc1cc(C)cc(C)c1.Cc1cc(C)nc(C)c1.Cc1cc(C)nc(C)n1.Cc1ccc(-c2cc(C)cc(-c3ccc(C)cc3)c2)cc1.Cc1ccc(C(C)c2ccc(C)cc2)cc1.Cc1ccc(N(C)c2ccc(C)cc2)cc1.Cc1ccc(P(C)c2ccc(C)cc2)cc1.Cc1cccc(-c2cc(C)cc(-c3cccc(C)c3)c2)c1.Cc1nc(C)nc(C)n1. The lowest BCUT2D eigenvalue weighted by Crippen LogP contribution is -2.10. The molecule has 2 unspecified atom stereocenters. The van der Waals surface area contributed by atoms with Gasteiger partial charge in [-0.15, -0.1) is 0 Å². The molecule has 0 fully saturated rings. The molecule has 9 heteroatoms. The van der Waals surface area contributed by atoms with Crippen LogP contribution in [0.5, 0.6) is 0 Å². The minimum absolute atomic E-state index is 0.196. The summed E-state index contributed by atoms with van der Waals surface area (Å²) in [7, 11) is 1.90. The van der Waals surface area contributed by atoms with Crippen LogP contribution in [-0.2, 0) is 4.74 Å². The van der Waals surface area contributed by atoms with Gasteiger partial charge in [0.05, 0.1) is 6.26 Å². The molecule has 2 atom stereocenters.